The maximum absolute atomic E-state index is 13.2. The first-order chi connectivity index (χ1) is 14.2. The molecule has 1 amide bonds. The van der Waals surface area contributed by atoms with Gasteiger partial charge in [-0.1, -0.05) is 35.5 Å². The summed E-state index contributed by atoms with van der Waals surface area (Å²) in [4.78, 5) is 24.5. The average molecular weight is 442 g/mol. The Balaban J connectivity index is 1.67. The Morgan fingerprint density at radius 2 is 2.17 bits per heavy atom. The van der Waals surface area contributed by atoms with Crippen LogP contribution in [0.25, 0.3) is 6.08 Å². The van der Waals surface area contributed by atoms with Crippen LogP contribution in [0.3, 0.4) is 0 Å². The molecule has 0 N–H and O–H groups in total. The van der Waals surface area contributed by atoms with Crippen LogP contribution in [0.1, 0.15) is 10.4 Å². The second kappa shape index (κ2) is 8.82. The average Bonchev–Trinajstić information content (AvgIpc) is 3.35. The number of nitrogens with zero attached hydrogens (tertiary/aromatic N) is 3. The van der Waals surface area contributed by atoms with Crippen molar-refractivity contribution in [2.24, 2.45) is 4.99 Å². The predicted octanol–water partition coefficient (Wildman–Crippen LogP) is 5.48. The molecule has 0 aliphatic carbocycles. The number of methoxy groups -OCH3 is 1. The third-order valence-electron chi connectivity index (χ3n) is 4.14. The zero-order valence-corrected chi connectivity index (χ0v) is 17.8. The summed E-state index contributed by atoms with van der Waals surface area (Å²) in [7, 11) is 1.56. The summed E-state index contributed by atoms with van der Waals surface area (Å²) in [6, 6.07) is 13.0. The van der Waals surface area contributed by atoms with E-state index >= 15 is 0 Å². The molecular weight excluding hydrogens is 426 g/mol. The second-order valence-electron chi connectivity index (χ2n) is 6.05. The summed E-state index contributed by atoms with van der Waals surface area (Å²) in [6.07, 6.45) is 5.35. The first kappa shape index (κ1) is 19.7. The van der Waals surface area contributed by atoms with Crippen molar-refractivity contribution in [3.63, 3.8) is 0 Å². The van der Waals surface area contributed by atoms with Gasteiger partial charge < -0.3 is 4.74 Å². The number of pyridine rings is 1. The van der Waals surface area contributed by atoms with E-state index in [1.807, 2.05) is 35.7 Å². The number of thioether (sulfide) groups is 1. The van der Waals surface area contributed by atoms with Crippen molar-refractivity contribution in [1.82, 2.24) is 4.98 Å². The molecule has 2 aromatic heterocycles. The molecule has 0 saturated heterocycles. The normalized spacial score (nSPS) is 15.1. The fourth-order valence-electron chi connectivity index (χ4n) is 2.75. The topological polar surface area (TPSA) is 54.8 Å². The molecule has 0 bridgehead atoms. The monoisotopic (exact) mass is 441 g/mol. The van der Waals surface area contributed by atoms with Gasteiger partial charge in [-0.3, -0.25) is 14.7 Å². The van der Waals surface area contributed by atoms with Gasteiger partial charge in [0.1, 0.15) is 11.4 Å². The number of hydrogen-bond donors (Lipinski definition) is 0. The van der Waals surface area contributed by atoms with Gasteiger partial charge in [0.05, 0.1) is 17.8 Å². The SMILES string of the molecule is COc1ccc(N2C(=O)/C(=C\c3cccs3)N=C2SCc2cccnc2)cc1Cl. The number of rotatable bonds is 5. The number of amides is 1. The van der Waals surface area contributed by atoms with E-state index in [2.05, 4.69) is 9.98 Å². The lowest BCUT2D eigenvalue weighted by Crippen LogP contribution is -2.30. The quantitative estimate of drug-likeness (QED) is 0.492. The van der Waals surface area contributed by atoms with E-state index in [9.17, 15) is 4.79 Å². The van der Waals surface area contributed by atoms with Crippen LogP contribution in [-0.4, -0.2) is 23.2 Å². The Kier molecular flexibility index (Phi) is 5.99. The number of aromatic nitrogens is 1. The number of hydrogen-bond acceptors (Lipinski definition) is 6. The van der Waals surface area contributed by atoms with Gasteiger partial charge in [0.25, 0.3) is 5.91 Å². The second-order valence-corrected chi connectivity index (χ2v) is 8.38. The van der Waals surface area contributed by atoms with Gasteiger partial charge in [-0.25, -0.2) is 4.99 Å². The van der Waals surface area contributed by atoms with E-state index in [0.29, 0.717) is 33.1 Å². The van der Waals surface area contributed by atoms with Crippen LogP contribution in [0.5, 0.6) is 5.75 Å². The van der Waals surface area contributed by atoms with E-state index in [4.69, 9.17) is 16.3 Å². The molecule has 1 aliphatic heterocycles. The number of thiophene rings is 1. The molecule has 1 aliphatic rings. The lowest BCUT2D eigenvalue weighted by atomic mass is 10.2. The van der Waals surface area contributed by atoms with E-state index in [0.717, 1.165) is 10.4 Å². The van der Waals surface area contributed by atoms with E-state index < -0.39 is 0 Å². The molecular formula is C21H16ClN3O2S2. The number of carbonyl (C=O) groups is 1. The van der Waals surface area contributed by atoms with Gasteiger partial charge in [-0.2, -0.15) is 0 Å². The third-order valence-corrected chi connectivity index (χ3v) is 6.26. The number of aliphatic imine (C=N–C) groups is 1. The van der Waals surface area contributed by atoms with Crippen molar-refractivity contribution < 1.29 is 9.53 Å². The molecule has 0 saturated carbocycles. The molecule has 0 atom stereocenters. The largest absolute Gasteiger partial charge is 0.495 e. The molecule has 0 fully saturated rings. The molecule has 4 rings (SSSR count). The summed E-state index contributed by atoms with van der Waals surface area (Å²) in [6.45, 7) is 0. The minimum atomic E-state index is -0.187. The number of halogens is 1. The van der Waals surface area contributed by atoms with Crippen molar-refractivity contribution in [2.45, 2.75) is 5.75 Å². The summed E-state index contributed by atoms with van der Waals surface area (Å²) in [5, 5.41) is 3.00. The van der Waals surface area contributed by atoms with Crippen LogP contribution in [0.2, 0.25) is 5.02 Å². The Labute approximate surface area is 181 Å². The lowest BCUT2D eigenvalue weighted by Gasteiger charge is -2.18. The van der Waals surface area contributed by atoms with Gasteiger partial charge in [-0.15, -0.1) is 11.3 Å². The van der Waals surface area contributed by atoms with Crippen molar-refractivity contribution in [1.29, 1.82) is 0 Å². The highest BCUT2D eigenvalue weighted by Crippen LogP contribution is 2.35. The van der Waals surface area contributed by atoms with Crippen LogP contribution in [-0.2, 0) is 10.5 Å². The molecule has 5 nitrogen and oxygen atoms in total. The number of ether oxygens (including phenoxy) is 1. The van der Waals surface area contributed by atoms with Crippen LogP contribution in [0, 0.1) is 0 Å². The minimum absolute atomic E-state index is 0.187. The van der Waals surface area contributed by atoms with E-state index in [1.54, 1.807) is 53.9 Å². The maximum atomic E-state index is 13.2. The molecule has 8 heteroatoms. The molecule has 146 valence electrons. The minimum Gasteiger partial charge on any atom is -0.495 e. The third kappa shape index (κ3) is 4.37. The van der Waals surface area contributed by atoms with Crippen molar-refractivity contribution in [2.75, 3.05) is 12.0 Å². The highest BCUT2D eigenvalue weighted by Gasteiger charge is 2.32. The summed E-state index contributed by atoms with van der Waals surface area (Å²) < 4.78 is 5.23. The van der Waals surface area contributed by atoms with E-state index in [1.165, 1.54) is 11.8 Å². The Morgan fingerprint density at radius 1 is 1.28 bits per heavy atom. The van der Waals surface area contributed by atoms with Crippen LogP contribution < -0.4 is 9.64 Å². The number of carbonyl (C=O) groups excluding carboxylic acids is 1. The molecule has 0 unspecified atom stereocenters. The zero-order valence-electron chi connectivity index (χ0n) is 15.4. The van der Waals surface area contributed by atoms with Crippen molar-refractivity contribution >= 4 is 57.5 Å². The molecule has 3 aromatic rings. The summed E-state index contributed by atoms with van der Waals surface area (Å²) in [5.74, 6) is 1.01. The number of anilines is 1. The maximum Gasteiger partial charge on any atom is 0.283 e. The Morgan fingerprint density at radius 3 is 2.86 bits per heavy atom. The summed E-state index contributed by atoms with van der Waals surface area (Å²) >= 11 is 9.33. The smallest absolute Gasteiger partial charge is 0.283 e. The van der Waals surface area contributed by atoms with Gasteiger partial charge in [-0.05, 0) is 47.4 Å². The zero-order chi connectivity index (χ0) is 20.2. The highest BCUT2D eigenvalue weighted by atomic mass is 35.5. The fourth-order valence-corrected chi connectivity index (χ4v) is 4.60. The lowest BCUT2D eigenvalue weighted by molar-refractivity contribution is -0.113. The summed E-state index contributed by atoms with van der Waals surface area (Å²) in [5.41, 5.74) is 2.09. The van der Waals surface area contributed by atoms with Gasteiger partial charge in [0.2, 0.25) is 0 Å². The van der Waals surface area contributed by atoms with Crippen LogP contribution in [0.15, 0.2) is 70.9 Å². The Hall–Kier alpha value is -2.61. The van der Waals surface area contributed by atoms with Gasteiger partial charge in [0.15, 0.2) is 5.17 Å². The number of benzene rings is 1. The predicted molar refractivity (Wildman–Crippen MR) is 121 cm³/mol. The van der Waals surface area contributed by atoms with E-state index in [-0.39, 0.29) is 5.91 Å². The van der Waals surface area contributed by atoms with Crippen LogP contribution >= 0.6 is 34.7 Å². The molecule has 3 heterocycles. The van der Waals surface area contributed by atoms with Gasteiger partial charge >= 0.3 is 0 Å². The highest BCUT2D eigenvalue weighted by molar-refractivity contribution is 8.13. The van der Waals surface area contributed by atoms with Gasteiger partial charge in [0, 0.05) is 23.0 Å². The first-order valence-electron chi connectivity index (χ1n) is 8.69. The molecule has 1 aromatic carbocycles. The fraction of sp³-hybridized carbons (Fsp3) is 0.0952. The molecule has 0 spiro atoms. The molecule has 29 heavy (non-hydrogen) atoms. The van der Waals surface area contributed by atoms with Crippen LogP contribution in [0.4, 0.5) is 5.69 Å². The van der Waals surface area contributed by atoms with Crippen molar-refractivity contribution in [3.05, 3.63) is 81.4 Å². The first-order valence-corrected chi connectivity index (χ1v) is 10.9. The number of amidine groups is 1. The standard InChI is InChI=1S/C21H16ClN3O2S2/c1-27-19-7-6-15(10-17(19)22)25-20(26)18(11-16-5-3-9-28-16)24-21(25)29-13-14-4-2-8-23-12-14/h2-12H,13H2,1H3/b18-11+. The Bertz CT molecular complexity index is 1080. The molecule has 0 radical (unpaired) electrons. The van der Waals surface area contributed by atoms with Crippen molar-refractivity contribution in [3.8, 4) is 5.75 Å².